The predicted molar refractivity (Wildman–Crippen MR) is 87.1 cm³/mol. The third-order valence-corrected chi connectivity index (χ3v) is 4.07. The fraction of sp³-hybridized carbons (Fsp3) is 0.538. The van der Waals surface area contributed by atoms with Gasteiger partial charge in [-0.3, -0.25) is 4.98 Å². The molecule has 2 heterocycles. The van der Waals surface area contributed by atoms with Gasteiger partial charge >= 0.3 is 0 Å². The second-order valence-electron chi connectivity index (χ2n) is 5.66. The van der Waals surface area contributed by atoms with Gasteiger partial charge in [0.2, 0.25) is 5.16 Å². The van der Waals surface area contributed by atoms with E-state index >= 15 is 0 Å². The minimum absolute atomic E-state index is 0.100. The summed E-state index contributed by atoms with van der Waals surface area (Å²) in [5.41, 5.74) is 1.24. The van der Waals surface area contributed by atoms with Gasteiger partial charge in [-0.05, 0) is 58.8 Å². The van der Waals surface area contributed by atoms with Crippen LogP contribution in [0.3, 0.4) is 0 Å². The molecule has 0 fully saturated rings. The van der Waals surface area contributed by atoms with E-state index in [4.69, 9.17) is 0 Å². The largest absolute Gasteiger partial charge is 0.310 e. The molecule has 1 N–H and O–H groups in total. The van der Waals surface area contributed by atoms with Crippen molar-refractivity contribution in [2.45, 2.75) is 43.8 Å². The molecule has 0 aromatic carbocycles. The zero-order chi connectivity index (χ0) is 15.3. The zero-order valence-electron chi connectivity index (χ0n) is 12.4. The molecule has 0 saturated heterocycles. The average Bonchev–Trinajstić information content (AvgIpc) is 2.82. The van der Waals surface area contributed by atoms with Crippen LogP contribution >= 0.6 is 27.7 Å². The quantitative estimate of drug-likeness (QED) is 0.787. The van der Waals surface area contributed by atoms with Gasteiger partial charge < -0.3 is 5.32 Å². The first-order valence-corrected chi connectivity index (χ1v) is 8.45. The van der Waals surface area contributed by atoms with E-state index in [0.29, 0.717) is 0 Å². The second kappa shape index (κ2) is 7.33. The molecule has 21 heavy (non-hydrogen) atoms. The van der Waals surface area contributed by atoms with Crippen LogP contribution in [-0.2, 0) is 12.3 Å². The van der Waals surface area contributed by atoms with Gasteiger partial charge in [-0.2, -0.15) is 0 Å². The molecule has 0 amide bonds. The highest BCUT2D eigenvalue weighted by Crippen LogP contribution is 2.21. The average molecular weight is 371 g/mol. The van der Waals surface area contributed by atoms with Crippen LogP contribution in [0.1, 0.15) is 26.3 Å². The molecule has 2 aromatic rings. The van der Waals surface area contributed by atoms with E-state index in [2.05, 4.69) is 68.6 Å². The Labute approximate surface area is 137 Å². The highest BCUT2D eigenvalue weighted by molar-refractivity contribution is 9.10. The molecule has 2 rings (SSSR count). The molecule has 114 valence electrons. The van der Waals surface area contributed by atoms with Crippen molar-refractivity contribution in [3.05, 3.63) is 28.5 Å². The maximum atomic E-state index is 4.15. The molecule has 0 aliphatic heterocycles. The Morgan fingerprint density at radius 3 is 2.86 bits per heavy atom. The molecular weight excluding hydrogens is 352 g/mol. The van der Waals surface area contributed by atoms with E-state index < -0.39 is 0 Å². The van der Waals surface area contributed by atoms with Crippen molar-refractivity contribution >= 4 is 27.7 Å². The maximum Gasteiger partial charge on any atom is 0.209 e. The number of tetrazole rings is 1. The first-order chi connectivity index (χ1) is 9.94. The van der Waals surface area contributed by atoms with Gasteiger partial charge in [0, 0.05) is 34.7 Å². The molecule has 0 atom stereocenters. The summed E-state index contributed by atoms with van der Waals surface area (Å²) in [7, 11) is 0. The van der Waals surface area contributed by atoms with Crippen LogP contribution in [0.25, 0.3) is 0 Å². The Morgan fingerprint density at radius 1 is 1.33 bits per heavy atom. The van der Waals surface area contributed by atoms with E-state index in [1.165, 1.54) is 0 Å². The Hall–Kier alpha value is -0.990. The van der Waals surface area contributed by atoms with Crippen molar-refractivity contribution in [2.75, 3.05) is 6.54 Å². The van der Waals surface area contributed by atoms with Crippen LogP contribution in [0.5, 0.6) is 0 Å². The van der Waals surface area contributed by atoms with Gasteiger partial charge in [0.15, 0.2) is 0 Å². The van der Waals surface area contributed by atoms with E-state index in [0.717, 1.165) is 34.0 Å². The molecule has 8 heteroatoms. The normalized spacial score (nSPS) is 11.8. The molecule has 0 aliphatic carbocycles. The summed E-state index contributed by atoms with van der Waals surface area (Å²) < 4.78 is 2.81. The van der Waals surface area contributed by atoms with Crippen LogP contribution in [0, 0.1) is 0 Å². The van der Waals surface area contributed by atoms with Crippen molar-refractivity contribution in [3.63, 3.8) is 0 Å². The van der Waals surface area contributed by atoms with E-state index in [1.54, 1.807) is 18.0 Å². The molecule has 0 radical (unpaired) electrons. The second-order valence-corrected chi connectivity index (χ2v) is 7.52. The first kappa shape index (κ1) is 16.4. The summed E-state index contributed by atoms with van der Waals surface area (Å²) in [6.45, 7) is 8.01. The number of nitrogens with zero attached hydrogens (tertiary/aromatic N) is 5. The Balaban J connectivity index is 1.88. The number of pyridine rings is 1. The molecule has 0 bridgehead atoms. The third kappa shape index (κ3) is 5.72. The number of aromatic nitrogens is 5. The van der Waals surface area contributed by atoms with Gasteiger partial charge in [-0.15, -0.1) is 5.10 Å². The third-order valence-electron chi connectivity index (χ3n) is 2.61. The van der Waals surface area contributed by atoms with Crippen molar-refractivity contribution in [1.29, 1.82) is 0 Å². The summed E-state index contributed by atoms with van der Waals surface area (Å²) in [5, 5.41) is 16.1. The van der Waals surface area contributed by atoms with E-state index in [-0.39, 0.29) is 5.54 Å². The zero-order valence-corrected chi connectivity index (χ0v) is 14.8. The molecule has 2 aromatic heterocycles. The van der Waals surface area contributed by atoms with E-state index in [1.807, 2.05) is 10.9 Å². The molecule has 6 nitrogen and oxygen atoms in total. The summed E-state index contributed by atoms with van der Waals surface area (Å²) in [5.74, 6) is 0.791. The molecule has 0 unspecified atom stereocenters. The molecule has 0 saturated carbocycles. The first-order valence-electron chi connectivity index (χ1n) is 6.67. The lowest BCUT2D eigenvalue weighted by Gasteiger charge is -2.20. The Morgan fingerprint density at radius 2 is 2.14 bits per heavy atom. The van der Waals surface area contributed by atoms with Gasteiger partial charge in [0.05, 0.1) is 6.54 Å². The minimum Gasteiger partial charge on any atom is -0.310 e. The number of hydrogen-bond acceptors (Lipinski definition) is 6. The van der Waals surface area contributed by atoms with E-state index in [9.17, 15) is 0 Å². The molecular formula is C13H19BrN6S. The van der Waals surface area contributed by atoms with Crippen LogP contribution in [0.15, 0.2) is 28.1 Å². The standard InChI is InChI=1S/C13H19BrN6S/c1-13(2,3)16-4-5-20-12(17-18-19-20)21-9-10-6-11(14)8-15-7-10/h6-8,16H,4-5,9H2,1-3H3. The number of thioether (sulfide) groups is 1. The van der Waals surface area contributed by atoms with Gasteiger partial charge in [0.1, 0.15) is 0 Å². The predicted octanol–water partition coefficient (Wildman–Crippen LogP) is 2.51. The van der Waals surface area contributed by atoms with Crippen LogP contribution in [0.2, 0.25) is 0 Å². The van der Waals surface area contributed by atoms with Crippen LogP contribution in [-0.4, -0.2) is 37.3 Å². The number of nitrogens with one attached hydrogen (secondary N) is 1. The number of halogens is 1. The van der Waals surface area contributed by atoms with Crippen molar-refractivity contribution in [2.24, 2.45) is 0 Å². The van der Waals surface area contributed by atoms with Crippen molar-refractivity contribution in [1.82, 2.24) is 30.5 Å². The lowest BCUT2D eigenvalue weighted by atomic mass is 10.1. The summed E-state index contributed by atoms with van der Waals surface area (Å²) in [6, 6.07) is 2.05. The van der Waals surface area contributed by atoms with Crippen molar-refractivity contribution in [3.8, 4) is 0 Å². The van der Waals surface area contributed by atoms with Gasteiger partial charge in [-0.1, -0.05) is 11.8 Å². The van der Waals surface area contributed by atoms with Gasteiger partial charge in [-0.25, -0.2) is 4.68 Å². The Bertz CT molecular complexity index is 580. The summed E-state index contributed by atoms with van der Waals surface area (Å²) >= 11 is 5.03. The summed E-state index contributed by atoms with van der Waals surface area (Å²) in [6.07, 6.45) is 3.63. The smallest absolute Gasteiger partial charge is 0.209 e. The minimum atomic E-state index is 0.100. The van der Waals surface area contributed by atoms with Gasteiger partial charge in [0.25, 0.3) is 0 Å². The monoisotopic (exact) mass is 370 g/mol. The highest BCUT2D eigenvalue weighted by Gasteiger charge is 2.11. The molecule has 0 aliphatic rings. The molecule has 0 spiro atoms. The van der Waals surface area contributed by atoms with Crippen LogP contribution < -0.4 is 5.32 Å². The summed E-state index contributed by atoms with van der Waals surface area (Å²) in [4.78, 5) is 4.15. The highest BCUT2D eigenvalue weighted by atomic mass is 79.9. The van der Waals surface area contributed by atoms with Crippen molar-refractivity contribution < 1.29 is 0 Å². The number of hydrogen-bond donors (Lipinski definition) is 1. The topological polar surface area (TPSA) is 68.5 Å². The fourth-order valence-electron chi connectivity index (χ4n) is 1.66. The Kier molecular flexibility index (Phi) is 5.72. The maximum absolute atomic E-state index is 4.15. The number of rotatable bonds is 6. The fourth-order valence-corrected chi connectivity index (χ4v) is 2.90. The lowest BCUT2D eigenvalue weighted by molar-refractivity contribution is 0.396. The SMILES string of the molecule is CC(C)(C)NCCn1nnnc1SCc1cncc(Br)c1. The lowest BCUT2D eigenvalue weighted by Crippen LogP contribution is -2.38. The van der Waals surface area contributed by atoms with Crippen LogP contribution in [0.4, 0.5) is 0 Å².